The van der Waals surface area contributed by atoms with Crippen molar-refractivity contribution in [3.05, 3.63) is 35.1 Å². The zero-order valence-corrected chi connectivity index (χ0v) is 11.4. The molecule has 0 aromatic heterocycles. The van der Waals surface area contributed by atoms with Crippen LogP contribution in [0.1, 0.15) is 17.3 Å². The fraction of sp³-hybridized carbons (Fsp3) is 0.429. The quantitative estimate of drug-likeness (QED) is 0.836. The van der Waals surface area contributed by atoms with E-state index in [1.807, 2.05) is 4.90 Å². The first-order valence-corrected chi connectivity index (χ1v) is 6.51. The Labute approximate surface area is 120 Å². The van der Waals surface area contributed by atoms with Gasteiger partial charge in [-0.1, -0.05) is 0 Å². The smallest absolute Gasteiger partial charge is 0.259 e. The average molecular weight is 297 g/mol. The van der Waals surface area contributed by atoms with Crippen molar-refractivity contribution >= 4 is 5.91 Å². The Morgan fingerprint density at radius 3 is 2.19 bits per heavy atom. The van der Waals surface area contributed by atoms with Crippen LogP contribution in [0.5, 0.6) is 0 Å². The molecule has 1 atom stereocenters. The highest BCUT2D eigenvalue weighted by atomic mass is 19.1. The highest BCUT2D eigenvalue weighted by Crippen LogP contribution is 2.18. The number of halogens is 3. The van der Waals surface area contributed by atoms with Gasteiger partial charge in [-0.15, -0.1) is 0 Å². The molecule has 1 aliphatic rings. The number of hydrogen-bond acceptors (Lipinski definition) is 3. The summed E-state index contributed by atoms with van der Waals surface area (Å²) in [5.41, 5.74) is -0.738. The minimum Gasteiger partial charge on any atom is -0.336 e. The minimum atomic E-state index is -1.20. The Hall–Kier alpha value is -2.07. The molecule has 7 heteroatoms. The van der Waals surface area contributed by atoms with Gasteiger partial charge in [-0.05, 0) is 6.92 Å². The van der Waals surface area contributed by atoms with Gasteiger partial charge in [-0.3, -0.25) is 9.69 Å². The van der Waals surface area contributed by atoms with Crippen molar-refractivity contribution in [2.45, 2.75) is 13.0 Å². The SMILES string of the molecule is CC(C#N)N1CCN(C(=O)c2c(F)cc(F)cc2F)CC1. The van der Waals surface area contributed by atoms with Gasteiger partial charge in [0.2, 0.25) is 0 Å². The molecule has 1 amide bonds. The molecule has 1 aliphatic heterocycles. The lowest BCUT2D eigenvalue weighted by Gasteiger charge is -2.35. The number of piperazine rings is 1. The lowest BCUT2D eigenvalue weighted by molar-refractivity contribution is 0.0606. The van der Waals surface area contributed by atoms with Gasteiger partial charge < -0.3 is 4.90 Å². The zero-order chi connectivity index (χ0) is 15.6. The fourth-order valence-electron chi connectivity index (χ4n) is 2.30. The van der Waals surface area contributed by atoms with Crippen LogP contribution in [0, 0.1) is 28.8 Å². The van der Waals surface area contributed by atoms with Crippen LogP contribution in [0.4, 0.5) is 13.2 Å². The van der Waals surface area contributed by atoms with E-state index in [-0.39, 0.29) is 19.1 Å². The number of rotatable bonds is 2. The molecule has 0 aliphatic carbocycles. The molecule has 0 radical (unpaired) electrons. The molecular formula is C14H14F3N3O. The second kappa shape index (κ2) is 6.14. The van der Waals surface area contributed by atoms with Gasteiger partial charge in [0.05, 0.1) is 12.1 Å². The number of benzene rings is 1. The molecule has 1 saturated heterocycles. The molecule has 1 unspecified atom stereocenters. The Morgan fingerprint density at radius 2 is 1.71 bits per heavy atom. The van der Waals surface area contributed by atoms with Crippen LogP contribution >= 0.6 is 0 Å². The molecule has 2 rings (SSSR count). The molecule has 4 nitrogen and oxygen atoms in total. The van der Waals surface area contributed by atoms with Gasteiger partial charge in [0, 0.05) is 38.3 Å². The van der Waals surface area contributed by atoms with Crippen LogP contribution in [-0.4, -0.2) is 47.9 Å². The van der Waals surface area contributed by atoms with E-state index in [0.29, 0.717) is 25.2 Å². The van der Waals surface area contributed by atoms with Gasteiger partial charge in [0.15, 0.2) is 0 Å². The lowest BCUT2D eigenvalue weighted by atomic mass is 10.1. The summed E-state index contributed by atoms with van der Waals surface area (Å²) in [7, 11) is 0. The fourth-order valence-corrected chi connectivity index (χ4v) is 2.30. The van der Waals surface area contributed by atoms with Crippen molar-refractivity contribution in [1.82, 2.24) is 9.80 Å². The molecule has 1 fully saturated rings. The van der Waals surface area contributed by atoms with Crippen LogP contribution in [0.2, 0.25) is 0 Å². The van der Waals surface area contributed by atoms with Crippen molar-refractivity contribution < 1.29 is 18.0 Å². The molecule has 0 saturated carbocycles. The van der Waals surface area contributed by atoms with Crippen molar-refractivity contribution in [2.75, 3.05) is 26.2 Å². The van der Waals surface area contributed by atoms with Crippen molar-refractivity contribution in [2.24, 2.45) is 0 Å². The number of nitrogens with zero attached hydrogens (tertiary/aromatic N) is 3. The van der Waals surface area contributed by atoms with E-state index >= 15 is 0 Å². The first kappa shape index (κ1) is 15.3. The van der Waals surface area contributed by atoms with Gasteiger partial charge in [0.1, 0.15) is 23.0 Å². The molecule has 1 heterocycles. The summed E-state index contributed by atoms with van der Waals surface area (Å²) in [6.07, 6.45) is 0. The maximum atomic E-state index is 13.6. The van der Waals surface area contributed by atoms with Gasteiger partial charge in [-0.25, -0.2) is 13.2 Å². The van der Waals surface area contributed by atoms with E-state index in [1.54, 1.807) is 6.92 Å². The summed E-state index contributed by atoms with van der Waals surface area (Å²) in [6.45, 7) is 3.18. The van der Waals surface area contributed by atoms with E-state index in [4.69, 9.17) is 5.26 Å². The summed E-state index contributed by atoms with van der Waals surface area (Å²) in [6, 6.07) is 2.80. The Kier molecular flexibility index (Phi) is 4.48. The van der Waals surface area contributed by atoms with Crippen LogP contribution < -0.4 is 0 Å². The van der Waals surface area contributed by atoms with E-state index in [0.717, 1.165) is 0 Å². The van der Waals surface area contributed by atoms with E-state index in [1.165, 1.54) is 4.90 Å². The minimum absolute atomic E-state index is 0.265. The summed E-state index contributed by atoms with van der Waals surface area (Å²) < 4.78 is 40.0. The number of hydrogen-bond donors (Lipinski definition) is 0. The Balaban J connectivity index is 2.11. The van der Waals surface area contributed by atoms with E-state index < -0.39 is 28.9 Å². The van der Waals surface area contributed by atoms with Crippen LogP contribution in [0.25, 0.3) is 0 Å². The molecular weight excluding hydrogens is 283 g/mol. The standard InChI is InChI=1S/C14H14F3N3O/c1-9(8-18)19-2-4-20(5-3-19)14(21)13-11(16)6-10(15)7-12(13)17/h6-7,9H,2-5H2,1H3. The topological polar surface area (TPSA) is 47.3 Å². The number of carbonyl (C=O) groups excluding carboxylic acids is 1. The predicted octanol–water partition coefficient (Wildman–Crippen LogP) is 1.77. The molecule has 1 aromatic rings. The third-order valence-electron chi connectivity index (χ3n) is 3.56. The maximum absolute atomic E-state index is 13.6. The van der Waals surface area contributed by atoms with E-state index in [9.17, 15) is 18.0 Å². The zero-order valence-electron chi connectivity index (χ0n) is 11.4. The van der Waals surface area contributed by atoms with Crippen LogP contribution in [0.3, 0.4) is 0 Å². The summed E-state index contributed by atoms with van der Waals surface area (Å²) in [5.74, 6) is -4.26. The lowest BCUT2D eigenvalue weighted by Crippen LogP contribution is -2.51. The first-order valence-electron chi connectivity index (χ1n) is 6.51. The monoisotopic (exact) mass is 297 g/mol. The maximum Gasteiger partial charge on any atom is 0.259 e. The van der Waals surface area contributed by atoms with Crippen molar-refractivity contribution in [1.29, 1.82) is 5.26 Å². The summed E-state index contributed by atoms with van der Waals surface area (Å²) in [5, 5.41) is 8.83. The molecule has 21 heavy (non-hydrogen) atoms. The largest absolute Gasteiger partial charge is 0.336 e. The number of amides is 1. The third kappa shape index (κ3) is 3.16. The molecule has 1 aromatic carbocycles. The second-order valence-electron chi connectivity index (χ2n) is 4.88. The van der Waals surface area contributed by atoms with Gasteiger partial charge in [-0.2, -0.15) is 5.26 Å². The van der Waals surface area contributed by atoms with E-state index in [2.05, 4.69) is 6.07 Å². The predicted molar refractivity (Wildman–Crippen MR) is 68.9 cm³/mol. The van der Waals surface area contributed by atoms with Gasteiger partial charge >= 0.3 is 0 Å². The van der Waals surface area contributed by atoms with Crippen molar-refractivity contribution in [3.8, 4) is 6.07 Å². The molecule has 0 bridgehead atoms. The normalized spacial score (nSPS) is 17.4. The second-order valence-corrected chi connectivity index (χ2v) is 4.88. The first-order chi connectivity index (χ1) is 9.93. The average Bonchev–Trinajstić information content (AvgIpc) is 2.45. The highest BCUT2D eigenvalue weighted by molar-refractivity contribution is 5.94. The summed E-state index contributed by atoms with van der Waals surface area (Å²) in [4.78, 5) is 15.3. The third-order valence-corrected chi connectivity index (χ3v) is 3.56. The van der Waals surface area contributed by atoms with Crippen molar-refractivity contribution in [3.63, 3.8) is 0 Å². The Bertz CT molecular complexity index is 569. The number of nitriles is 1. The highest BCUT2D eigenvalue weighted by Gasteiger charge is 2.28. The van der Waals surface area contributed by atoms with Crippen LogP contribution in [-0.2, 0) is 0 Å². The number of carbonyl (C=O) groups is 1. The molecule has 112 valence electrons. The van der Waals surface area contributed by atoms with Crippen LogP contribution in [0.15, 0.2) is 12.1 Å². The molecule has 0 spiro atoms. The van der Waals surface area contributed by atoms with Gasteiger partial charge in [0.25, 0.3) is 5.91 Å². The summed E-state index contributed by atoms with van der Waals surface area (Å²) >= 11 is 0. The Morgan fingerprint density at radius 1 is 1.19 bits per heavy atom. The molecule has 0 N–H and O–H groups in total.